The molecule has 0 bridgehead atoms. The number of hydrogen-bond donors (Lipinski definition) is 1. The molecule has 8 nitrogen and oxygen atoms in total. The van der Waals surface area contributed by atoms with Gasteiger partial charge in [-0.15, -0.1) is 0 Å². The highest BCUT2D eigenvalue weighted by Crippen LogP contribution is 2.23. The van der Waals surface area contributed by atoms with Crippen molar-refractivity contribution in [2.45, 2.75) is 38.6 Å². The van der Waals surface area contributed by atoms with Gasteiger partial charge < -0.3 is 14.6 Å². The number of hydrogen-bond acceptors (Lipinski definition) is 5. The predicted octanol–water partition coefficient (Wildman–Crippen LogP) is 1.78. The molecule has 8 heteroatoms. The van der Waals surface area contributed by atoms with Crippen LogP contribution in [0, 0.1) is 16.0 Å². The summed E-state index contributed by atoms with van der Waals surface area (Å²) in [6.45, 7) is 1.71. The molecule has 1 N–H and O–H groups in total. The summed E-state index contributed by atoms with van der Waals surface area (Å²) in [6, 6.07) is 1.25. The van der Waals surface area contributed by atoms with E-state index in [1.54, 1.807) is 0 Å². The van der Waals surface area contributed by atoms with E-state index in [2.05, 4.69) is 12.2 Å². The second-order valence-corrected chi connectivity index (χ2v) is 5.96. The van der Waals surface area contributed by atoms with E-state index in [0.717, 1.165) is 25.3 Å². The molecule has 2 rings (SSSR count). The average molecular weight is 323 g/mol. The Labute approximate surface area is 133 Å². The second kappa shape index (κ2) is 7.26. The predicted molar refractivity (Wildman–Crippen MR) is 81.9 cm³/mol. The fraction of sp³-hybridized carbons (Fsp3) is 0.600. The van der Waals surface area contributed by atoms with Crippen LogP contribution >= 0.6 is 0 Å². The summed E-state index contributed by atoms with van der Waals surface area (Å²) < 4.78 is 6.25. The molecule has 1 aromatic heterocycles. The average Bonchev–Trinajstić information content (AvgIpc) is 2.89. The number of carbonyl (C=O) groups is 2. The third-order valence-corrected chi connectivity index (χ3v) is 4.20. The maximum absolute atomic E-state index is 11.9. The van der Waals surface area contributed by atoms with Gasteiger partial charge in [0.05, 0.1) is 11.1 Å². The van der Waals surface area contributed by atoms with E-state index in [9.17, 15) is 19.7 Å². The first-order valence-corrected chi connectivity index (χ1v) is 7.65. The van der Waals surface area contributed by atoms with Crippen molar-refractivity contribution in [1.29, 1.82) is 0 Å². The number of esters is 1. The lowest BCUT2D eigenvalue weighted by atomic mass is 9.86. The Morgan fingerprint density at radius 1 is 1.43 bits per heavy atom. The van der Waals surface area contributed by atoms with Crippen molar-refractivity contribution in [2.75, 3.05) is 6.61 Å². The number of rotatable bonds is 5. The van der Waals surface area contributed by atoms with E-state index >= 15 is 0 Å². The van der Waals surface area contributed by atoms with Gasteiger partial charge in [0.2, 0.25) is 0 Å². The maximum Gasteiger partial charge on any atom is 0.355 e. The molecule has 0 spiro atoms. The maximum atomic E-state index is 11.9. The van der Waals surface area contributed by atoms with Gasteiger partial charge in [0.15, 0.2) is 6.61 Å². The zero-order valence-electron chi connectivity index (χ0n) is 13.3. The molecular formula is C15H21N3O5. The molecule has 0 unspecified atom stereocenters. The zero-order chi connectivity index (χ0) is 17.0. The van der Waals surface area contributed by atoms with Crippen molar-refractivity contribution in [3.05, 3.63) is 28.1 Å². The normalized spacial score (nSPS) is 20.8. The van der Waals surface area contributed by atoms with Gasteiger partial charge in [0.1, 0.15) is 5.69 Å². The van der Waals surface area contributed by atoms with E-state index in [1.807, 2.05) is 0 Å². The van der Waals surface area contributed by atoms with Crippen LogP contribution in [-0.4, -0.2) is 34.0 Å². The summed E-state index contributed by atoms with van der Waals surface area (Å²) in [5.41, 5.74) is -0.157. The standard InChI is InChI=1S/C15H21N3O5/c1-10-5-3-4-6-12(10)16-14(19)9-23-15(20)13-7-11(18(21)22)8-17(13)2/h7-8,10,12H,3-6,9H2,1-2H3,(H,16,19)/t10-,12-/m0/s1. The summed E-state index contributed by atoms with van der Waals surface area (Å²) in [5, 5.41) is 13.6. The Morgan fingerprint density at radius 2 is 2.13 bits per heavy atom. The van der Waals surface area contributed by atoms with Crippen molar-refractivity contribution < 1.29 is 19.2 Å². The van der Waals surface area contributed by atoms with Gasteiger partial charge in [0, 0.05) is 19.2 Å². The van der Waals surface area contributed by atoms with Crippen LogP contribution in [0.1, 0.15) is 43.1 Å². The van der Waals surface area contributed by atoms with E-state index in [1.165, 1.54) is 24.2 Å². The molecule has 1 saturated carbocycles. The van der Waals surface area contributed by atoms with Crippen LogP contribution in [0.4, 0.5) is 5.69 Å². The second-order valence-electron chi connectivity index (χ2n) is 5.96. The molecule has 1 heterocycles. The summed E-state index contributed by atoms with van der Waals surface area (Å²) in [5.74, 6) is -0.688. The van der Waals surface area contributed by atoms with Crippen LogP contribution in [0.25, 0.3) is 0 Å². The lowest BCUT2D eigenvalue weighted by Crippen LogP contribution is -2.42. The molecule has 0 aliphatic heterocycles. The first-order valence-electron chi connectivity index (χ1n) is 7.65. The molecule has 1 amide bonds. The Morgan fingerprint density at radius 3 is 2.74 bits per heavy atom. The Balaban J connectivity index is 1.86. The van der Waals surface area contributed by atoms with Gasteiger partial charge in [-0.2, -0.15) is 0 Å². The molecule has 1 aliphatic carbocycles. The van der Waals surface area contributed by atoms with E-state index in [4.69, 9.17) is 4.74 Å². The number of ether oxygens (including phenoxy) is 1. The van der Waals surface area contributed by atoms with Gasteiger partial charge in [-0.3, -0.25) is 14.9 Å². The van der Waals surface area contributed by atoms with E-state index in [0.29, 0.717) is 5.92 Å². The first-order chi connectivity index (χ1) is 10.9. The van der Waals surface area contributed by atoms with Crippen LogP contribution in [0.5, 0.6) is 0 Å². The lowest BCUT2D eigenvalue weighted by molar-refractivity contribution is -0.384. The van der Waals surface area contributed by atoms with Gasteiger partial charge in [0.25, 0.3) is 11.6 Å². The number of nitrogens with zero attached hydrogens (tertiary/aromatic N) is 2. The largest absolute Gasteiger partial charge is 0.451 e. The molecule has 1 aliphatic rings. The molecule has 2 atom stereocenters. The number of amides is 1. The number of nitro groups is 1. The molecule has 0 aromatic carbocycles. The van der Waals surface area contributed by atoms with Gasteiger partial charge >= 0.3 is 5.97 Å². The summed E-state index contributed by atoms with van der Waals surface area (Å²) >= 11 is 0. The minimum absolute atomic E-state index is 0.0375. The van der Waals surface area contributed by atoms with Crippen LogP contribution in [0.2, 0.25) is 0 Å². The molecule has 1 aromatic rings. The third-order valence-electron chi connectivity index (χ3n) is 4.20. The minimum atomic E-state index is -0.757. The van der Waals surface area contributed by atoms with Crippen molar-refractivity contribution in [1.82, 2.24) is 9.88 Å². The van der Waals surface area contributed by atoms with Crippen molar-refractivity contribution >= 4 is 17.6 Å². The molecule has 1 fully saturated rings. The fourth-order valence-electron chi connectivity index (χ4n) is 2.83. The van der Waals surface area contributed by atoms with Crippen LogP contribution in [0.15, 0.2) is 12.3 Å². The Hall–Kier alpha value is -2.38. The summed E-state index contributed by atoms with van der Waals surface area (Å²) in [7, 11) is 1.51. The van der Waals surface area contributed by atoms with Crippen molar-refractivity contribution in [3.8, 4) is 0 Å². The monoisotopic (exact) mass is 323 g/mol. The highest BCUT2D eigenvalue weighted by atomic mass is 16.6. The third kappa shape index (κ3) is 4.30. The van der Waals surface area contributed by atoms with Crippen molar-refractivity contribution in [3.63, 3.8) is 0 Å². The number of aromatic nitrogens is 1. The van der Waals surface area contributed by atoms with E-state index < -0.39 is 10.9 Å². The Bertz CT molecular complexity index is 610. The number of nitrogens with one attached hydrogen (secondary N) is 1. The van der Waals surface area contributed by atoms with Gasteiger partial charge in [-0.1, -0.05) is 19.8 Å². The van der Waals surface area contributed by atoms with Crippen LogP contribution in [0.3, 0.4) is 0 Å². The quantitative estimate of drug-likeness (QED) is 0.505. The molecular weight excluding hydrogens is 302 g/mol. The van der Waals surface area contributed by atoms with Crippen molar-refractivity contribution in [2.24, 2.45) is 13.0 Å². The zero-order valence-corrected chi connectivity index (χ0v) is 13.3. The summed E-state index contributed by atoms with van der Waals surface area (Å²) in [4.78, 5) is 33.9. The van der Waals surface area contributed by atoms with Crippen LogP contribution in [-0.2, 0) is 16.6 Å². The smallest absolute Gasteiger partial charge is 0.355 e. The van der Waals surface area contributed by atoms with Gasteiger partial charge in [-0.05, 0) is 18.8 Å². The molecule has 0 radical (unpaired) electrons. The molecule has 23 heavy (non-hydrogen) atoms. The highest BCUT2D eigenvalue weighted by Gasteiger charge is 2.24. The SMILES string of the molecule is C[C@H]1CCCC[C@@H]1NC(=O)COC(=O)c1cc([N+](=O)[O-])cn1C. The first kappa shape index (κ1) is 17.0. The highest BCUT2D eigenvalue weighted by molar-refractivity contribution is 5.90. The van der Waals surface area contributed by atoms with Crippen LogP contribution < -0.4 is 5.32 Å². The van der Waals surface area contributed by atoms with Gasteiger partial charge in [-0.25, -0.2) is 4.79 Å². The number of aryl methyl sites for hydroxylation is 1. The topological polar surface area (TPSA) is 103 Å². The Kier molecular flexibility index (Phi) is 5.36. The molecule has 0 saturated heterocycles. The fourth-order valence-corrected chi connectivity index (χ4v) is 2.83. The minimum Gasteiger partial charge on any atom is -0.451 e. The summed E-state index contributed by atoms with van der Waals surface area (Å²) in [6.07, 6.45) is 5.50. The van der Waals surface area contributed by atoms with E-state index in [-0.39, 0.29) is 29.9 Å². The lowest BCUT2D eigenvalue weighted by Gasteiger charge is -2.29. The number of carbonyl (C=O) groups excluding carboxylic acids is 2. The molecule has 126 valence electrons.